The average molecular weight is 531 g/mol. The van der Waals surface area contributed by atoms with E-state index < -0.39 is 20.0 Å². The fraction of sp³-hybridized carbons (Fsp3) is 0.320. The second-order valence-electron chi connectivity index (χ2n) is 9.09. The summed E-state index contributed by atoms with van der Waals surface area (Å²) >= 11 is 0. The molecule has 2 heterocycles. The van der Waals surface area contributed by atoms with Gasteiger partial charge in [-0.2, -0.15) is 0 Å². The van der Waals surface area contributed by atoms with E-state index in [0.29, 0.717) is 24.7 Å². The number of nitrogens with zero attached hydrogens (tertiary/aromatic N) is 3. The topological polar surface area (TPSA) is 109 Å². The van der Waals surface area contributed by atoms with Crippen molar-refractivity contribution in [2.75, 3.05) is 36.8 Å². The van der Waals surface area contributed by atoms with Crippen LogP contribution < -0.4 is 14.4 Å². The zero-order valence-corrected chi connectivity index (χ0v) is 22.1. The van der Waals surface area contributed by atoms with Crippen LogP contribution in [-0.4, -0.2) is 58.9 Å². The summed E-state index contributed by atoms with van der Waals surface area (Å²) in [5.41, 5.74) is 0.859. The minimum absolute atomic E-state index is 0.0232. The number of nitrogens with one attached hydrogen (secondary N) is 1. The third-order valence-electron chi connectivity index (χ3n) is 6.21. The molecule has 0 aliphatic carbocycles. The lowest BCUT2D eigenvalue weighted by Gasteiger charge is -2.40. The van der Waals surface area contributed by atoms with Crippen LogP contribution in [0.15, 0.2) is 82.7 Å². The Morgan fingerprint density at radius 2 is 1.50 bits per heavy atom. The number of anilines is 2. The Hall–Kier alpha value is -3.15. The number of pyridine rings is 1. The number of piperidine rings is 1. The summed E-state index contributed by atoms with van der Waals surface area (Å²) in [6, 6.07) is 18.0. The lowest BCUT2D eigenvalue weighted by Crippen LogP contribution is -2.46. The Balaban J connectivity index is 1.49. The molecule has 0 spiro atoms. The van der Waals surface area contributed by atoms with E-state index in [2.05, 4.69) is 21.5 Å². The van der Waals surface area contributed by atoms with Gasteiger partial charge in [0.2, 0.25) is 15.9 Å². The van der Waals surface area contributed by atoms with Crippen molar-refractivity contribution in [1.29, 1.82) is 0 Å². The first kappa shape index (κ1) is 25.9. The Morgan fingerprint density at radius 3 is 2.11 bits per heavy atom. The summed E-state index contributed by atoms with van der Waals surface area (Å²) < 4.78 is 60.7. The SMILES string of the molecule is CN(C)S(=O)(=O)c1ccc(S(=O)(=O)Nc2ccccc2N2CCC(C)(Oc3ccccn3)CC2)cc1. The molecule has 3 aromatic rings. The quantitative estimate of drug-likeness (QED) is 0.474. The Morgan fingerprint density at radius 1 is 0.889 bits per heavy atom. The highest BCUT2D eigenvalue weighted by atomic mass is 32.2. The van der Waals surface area contributed by atoms with Gasteiger partial charge in [0, 0.05) is 52.3 Å². The molecule has 4 rings (SSSR count). The minimum Gasteiger partial charge on any atom is -0.471 e. The van der Waals surface area contributed by atoms with E-state index in [0.717, 1.165) is 22.8 Å². The molecule has 11 heteroatoms. The standard InChI is InChI=1S/C25H30N4O5S2/c1-25(34-24-10-6-7-17-26-24)15-18-29(19-16-25)23-9-5-4-8-22(23)27-35(30,31)20-11-13-21(14-12-20)36(32,33)28(2)3/h4-14,17,27H,15-16,18-19H2,1-3H3. The number of para-hydroxylation sites is 2. The molecule has 1 saturated heterocycles. The van der Waals surface area contributed by atoms with Crippen LogP contribution in [0.25, 0.3) is 0 Å². The highest BCUT2D eigenvalue weighted by Crippen LogP contribution is 2.34. The number of rotatable bonds is 8. The molecule has 0 bridgehead atoms. The molecule has 2 aromatic carbocycles. The van der Waals surface area contributed by atoms with Crippen LogP contribution in [0, 0.1) is 0 Å². The molecule has 9 nitrogen and oxygen atoms in total. The zero-order valence-electron chi connectivity index (χ0n) is 20.5. The van der Waals surface area contributed by atoms with Crippen molar-refractivity contribution >= 4 is 31.4 Å². The van der Waals surface area contributed by atoms with Crippen LogP contribution in [-0.2, 0) is 20.0 Å². The first-order valence-electron chi connectivity index (χ1n) is 11.5. The molecule has 0 saturated carbocycles. The molecule has 0 amide bonds. The molecule has 0 atom stereocenters. The highest BCUT2D eigenvalue weighted by molar-refractivity contribution is 7.92. The van der Waals surface area contributed by atoms with Crippen molar-refractivity contribution in [2.45, 2.75) is 35.2 Å². The van der Waals surface area contributed by atoms with E-state index in [-0.39, 0.29) is 15.4 Å². The van der Waals surface area contributed by atoms with Crippen molar-refractivity contribution in [3.8, 4) is 5.88 Å². The third kappa shape index (κ3) is 5.63. The first-order chi connectivity index (χ1) is 17.0. The lowest BCUT2D eigenvalue weighted by molar-refractivity contribution is 0.0572. The number of hydrogen-bond donors (Lipinski definition) is 1. The average Bonchev–Trinajstić information content (AvgIpc) is 2.85. The predicted octanol–water partition coefficient (Wildman–Crippen LogP) is 3.57. The Labute approximate surface area is 212 Å². The number of hydrogen-bond acceptors (Lipinski definition) is 7. The van der Waals surface area contributed by atoms with E-state index in [1.807, 2.05) is 30.3 Å². The zero-order chi connectivity index (χ0) is 26.0. The molecule has 1 N–H and O–H groups in total. The number of benzene rings is 2. The molecule has 1 aliphatic rings. The van der Waals surface area contributed by atoms with E-state index in [1.165, 1.54) is 38.4 Å². The predicted molar refractivity (Wildman–Crippen MR) is 139 cm³/mol. The summed E-state index contributed by atoms with van der Waals surface area (Å²) in [5, 5.41) is 0. The summed E-state index contributed by atoms with van der Waals surface area (Å²) in [7, 11) is -4.74. The minimum atomic E-state index is -3.94. The third-order valence-corrected chi connectivity index (χ3v) is 9.42. The van der Waals surface area contributed by atoms with Crippen LogP contribution in [0.4, 0.5) is 11.4 Å². The van der Waals surface area contributed by atoms with E-state index in [1.54, 1.807) is 18.3 Å². The van der Waals surface area contributed by atoms with Gasteiger partial charge in [-0.3, -0.25) is 4.72 Å². The van der Waals surface area contributed by atoms with Gasteiger partial charge in [0.25, 0.3) is 10.0 Å². The summed E-state index contributed by atoms with van der Waals surface area (Å²) in [6.45, 7) is 3.42. The van der Waals surface area contributed by atoms with Gasteiger partial charge < -0.3 is 9.64 Å². The van der Waals surface area contributed by atoms with Crippen molar-refractivity contribution < 1.29 is 21.6 Å². The second kappa shape index (κ2) is 10.1. The van der Waals surface area contributed by atoms with E-state index >= 15 is 0 Å². The molecule has 1 aliphatic heterocycles. The number of aromatic nitrogens is 1. The number of sulfonamides is 2. The first-order valence-corrected chi connectivity index (χ1v) is 14.4. The van der Waals surface area contributed by atoms with Crippen LogP contribution in [0.1, 0.15) is 19.8 Å². The lowest BCUT2D eigenvalue weighted by atomic mass is 9.93. The normalized spacial score (nSPS) is 16.1. The molecule has 0 radical (unpaired) electrons. The molecular formula is C25H30N4O5S2. The van der Waals surface area contributed by atoms with Crippen molar-refractivity contribution in [3.63, 3.8) is 0 Å². The maximum Gasteiger partial charge on any atom is 0.261 e. The van der Waals surface area contributed by atoms with Crippen LogP contribution in [0.2, 0.25) is 0 Å². The summed E-state index contributed by atoms with van der Waals surface area (Å²) in [6.07, 6.45) is 3.18. The number of ether oxygens (including phenoxy) is 1. The molecule has 192 valence electrons. The van der Waals surface area contributed by atoms with Crippen LogP contribution in [0.5, 0.6) is 5.88 Å². The second-order valence-corrected chi connectivity index (χ2v) is 12.9. The molecular weight excluding hydrogens is 500 g/mol. The van der Waals surface area contributed by atoms with Crippen LogP contribution >= 0.6 is 0 Å². The van der Waals surface area contributed by atoms with E-state index in [4.69, 9.17) is 4.74 Å². The van der Waals surface area contributed by atoms with Gasteiger partial charge in [0.05, 0.1) is 21.2 Å². The molecule has 0 unspecified atom stereocenters. The smallest absolute Gasteiger partial charge is 0.261 e. The van der Waals surface area contributed by atoms with Gasteiger partial charge in [0.1, 0.15) is 5.60 Å². The van der Waals surface area contributed by atoms with Gasteiger partial charge >= 0.3 is 0 Å². The summed E-state index contributed by atoms with van der Waals surface area (Å²) in [5.74, 6) is 0.589. The summed E-state index contributed by atoms with van der Waals surface area (Å²) in [4.78, 5) is 6.39. The fourth-order valence-electron chi connectivity index (χ4n) is 4.02. The fourth-order valence-corrected chi connectivity index (χ4v) is 6.00. The maximum absolute atomic E-state index is 13.1. The molecule has 1 aromatic heterocycles. The maximum atomic E-state index is 13.1. The van der Waals surface area contributed by atoms with Gasteiger partial charge in [-0.1, -0.05) is 18.2 Å². The van der Waals surface area contributed by atoms with Crippen LogP contribution in [0.3, 0.4) is 0 Å². The van der Waals surface area contributed by atoms with Gasteiger partial charge in [0.15, 0.2) is 0 Å². The monoisotopic (exact) mass is 530 g/mol. The van der Waals surface area contributed by atoms with Gasteiger partial charge in [-0.25, -0.2) is 26.1 Å². The highest BCUT2D eigenvalue weighted by Gasteiger charge is 2.33. The Bertz CT molecular complexity index is 1400. The van der Waals surface area contributed by atoms with E-state index in [9.17, 15) is 16.8 Å². The van der Waals surface area contributed by atoms with Crippen molar-refractivity contribution in [2.24, 2.45) is 0 Å². The van der Waals surface area contributed by atoms with Gasteiger partial charge in [-0.05, 0) is 49.4 Å². The van der Waals surface area contributed by atoms with Crippen molar-refractivity contribution in [1.82, 2.24) is 9.29 Å². The van der Waals surface area contributed by atoms with Crippen molar-refractivity contribution in [3.05, 3.63) is 72.9 Å². The Kier molecular flexibility index (Phi) is 7.26. The molecule has 36 heavy (non-hydrogen) atoms. The van der Waals surface area contributed by atoms with Gasteiger partial charge in [-0.15, -0.1) is 0 Å². The largest absolute Gasteiger partial charge is 0.471 e. The molecule has 1 fully saturated rings.